The maximum atomic E-state index is 13.8. The molecule has 202 valence electrons. The highest BCUT2D eigenvalue weighted by Gasteiger charge is 2.29. The first-order chi connectivity index (χ1) is 18.7. The summed E-state index contributed by atoms with van der Waals surface area (Å²) in [6.07, 6.45) is 0. The second kappa shape index (κ2) is 11.8. The lowest BCUT2D eigenvalue weighted by molar-refractivity contribution is 0.0527. The minimum atomic E-state index is -0.574. The predicted octanol–water partition coefficient (Wildman–Crippen LogP) is 6.80. The van der Waals surface area contributed by atoms with Crippen molar-refractivity contribution in [3.8, 4) is 11.3 Å². The summed E-state index contributed by atoms with van der Waals surface area (Å²) >= 11 is 1.10. The first-order valence-electron chi connectivity index (χ1n) is 13.1. The van der Waals surface area contributed by atoms with Gasteiger partial charge >= 0.3 is 5.97 Å². The van der Waals surface area contributed by atoms with Crippen molar-refractivity contribution < 1.29 is 19.1 Å². The second-order valence-electron chi connectivity index (χ2n) is 9.28. The van der Waals surface area contributed by atoms with E-state index in [9.17, 15) is 14.4 Å². The van der Waals surface area contributed by atoms with Gasteiger partial charge in [-0.3, -0.25) is 9.59 Å². The highest BCUT2D eigenvalue weighted by atomic mass is 32.1. The van der Waals surface area contributed by atoms with Crippen molar-refractivity contribution in [2.24, 2.45) is 0 Å². The van der Waals surface area contributed by atoms with Gasteiger partial charge < -0.3 is 15.0 Å². The van der Waals surface area contributed by atoms with E-state index in [1.807, 2.05) is 57.2 Å². The molecule has 0 fully saturated rings. The monoisotopic (exact) mass is 543 g/mol. The first kappa shape index (κ1) is 28.0. The summed E-state index contributed by atoms with van der Waals surface area (Å²) in [5, 5.41) is 3.91. The lowest BCUT2D eigenvalue weighted by Crippen LogP contribution is -2.30. The third-order valence-corrected chi connectivity index (χ3v) is 8.06. The molecule has 2 aromatic carbocycles. The van der Waals surface area contributed by atoms with Crippen LogP contribution in [0.1, 0.15) is 67.8 Å². The number of hydrogen-bond donors (Lipinski definition) is 1. The van der Waals surface area contributed by atoms with Crippen LogP contribution in [0, 0.1) is 20.8 Å². The van der Waals surface area contributed by atoms with E-state index in [0.717, 1.165) is 22.5 Å². The summed E-state index contributed by atoms with van der Waals surface area (Å²) in [7, 11) is 0. The van der Waals surface area contributed by atoms with Crippen molar-refractivity contribution in [1.29, 1.82) is 0 Å². The predicted molar refractivity (Wildman–Crippen MR) is 157 cm³/mol. The van der Waals surface area contributed by atoms with E-state index >= 15 is 0 Å². The molecule has 7 nitrogen and oxygen atoms in total. The Bertz CT molecular complexity index is 1570. The molecule has 39 heavy (non-hydrogen) atoms. The van der Waals surface area contributed by atoms with Gasteiger partial charge in [0.05, 0.1) is 33.8 Å². The Hall–Kier alpha value is -4.04. The maximum Gasteiger partial charge on any atom is 0.341 e. The van der Waals surface area contributed by atoms with E-state index < -0.39 is 11.9 Å². The second-order valence-corrected chi connectivity index (χ2v) is 10.3. The van der Waals surface area contributed by atoms with Crippen LogP contribution in [0.25, 0.3) is 22.2 Å². The number of carbonyl (C=O) groups excluding carboxylic acids is 3. The van der Waals surface area contributed by atoms with E-state index in [-0.39, 0.29) is 18.1 Å². The van der Waals surface area contributed by atoms with E-state index in [1.54, 1.807) is 24.8 Å². The van der Waals surface area contributed by atoms with Gasteiger partial charge in [0.1, 0.15) is 5.00 Å². The highest BCUT2D eigenvalue weighted by molar-refractivity contribution is 7.18. The van der Waals surface area contributed by atoms with Crippen LogP contribution in [-0.2, 0) is 4.74 Å². The van der Waals surface area contributed by atoms with Crippen LogP contribution in [0.2, 0.25) is 0 Å². The number of nitrogens with zero attached hydrogens (tertiary/aromatic N) is 2. The van der Waals surface area contributed by atoms with Crippen LogP contribution in [0.4, 0.5) is 5.00 Å². The number of benzene rings is 2. The van der Waals surface area contributed by atoms with Gasteiger partial charge in [-0.2, -0.15) is 0 Å². The van der Waals surface area contributed by atoms with E-state index in [2.05, 4.69) is 18.3 Å². The molecule has 0 aliphatic carbocycles. The number of amides is 2. The summed E-state index contributed by atoms with van der Waals surface area (Å²) in [5.41, 5.74) is 5.70. The van der Waals surface area contributed by atoms with Gasteiger partial charge in [0.25, 0.3) is 11.8 Å². The number of para-hydroxylation sites is 1. The molecular weight excluding hydrogens is 510 g/mol. The Morgan fingerprint density at radius 3 is 2.33 bits per heavy atom. The van der Waals surface area contributed by atoms with Gasteiger partial charge in [-0.25, -0.2) is 9.78 Å². The summed E-state index contributed by atoms with van der Waals surface area (Å²) in [6, 6.07) is 15.3. The molecule has 0 bridgehead atoms. The Morgan fingerprint density at radius 2 is 1.67 bits per heavy atom. The maximum absolute atomic E-state index is 13.8. The molecule has 0 radical (unpaired) electrons. The van der Waals surface area contributed by atoms with Crippen LogP contribution >= 0.6 is 11.3 Å². The Kier molecular flexibility index (Phi) is 8.45. The van der Waals surface area contributed by atoms with Crippen LogP contribution in [0.3, 0.4) is 0 Å². The van der Waals surface area contributed by atoms with Crippen molar-refractivity contribution in [1.82, 2.24) is 9.88 Å². The van der Waals surface area contributed by atoms with Crippen molar-refractivity contribution >= 4 is 45.0 Å². The fourth-order valence-corrected chi connectivity index (χ4v) is 5.65. The highest BCUT2D eigenvalue weighted by Crippen LogP contribution is 2.36. The molecule has 1 N–H and O–H groups in total. The van der Waals surface area contributed by atoms with Gasteiger partial charge in [0.2, 0.25) is 0 Å². The van der Waals surface area contributed by atoms with Gasteiger partial charge in [-0.05, 0) is 76.4 Å². The van der Waals surface area contributed by atoms with Gasteiger partial charge in [-0.1, -0.05) is 30.3 Å². The lowest BCUT2D eigenvalue weighted by atomic mass is 10.0. The van der Waals surface area contributed by atoms with Crippen molar-refractivity contribution in [3.63, 3.8) is 0 Å². The number of aromatic nitrogens is 1. The molecule has 2 amide bonds. The molecule has 0 unspecified atom stereocenters. The summed E-state index contributed by atoms with van der Waals surface area (Å²) < 4.78 is 5.29. The molecule has 0 saturated heterocycles. The van der Waals surface area contributed by atoms with Crippen LogP contribution in [0.15, 0.2) is 48.5 Å². The molecule has 0 saturated carbocycles. The van der Waals surface area contributed by atoms with Crippen molar-refractivity contribution in [2.45, 2.75) is 41.5 Å². The third kappa shape index (κ3) is 5.56. The van der Waals surface area contributed by atoms with Crippen LogP contribution in [0.5, 0.6) is 0 Å². The molecule has 2 heterocycles. The third-order valence-electron chi connectivity index (χ3n) is 6.86. The summed E-state index contributed by atoms with van der Waals surface area (Å²) in [4.78, 5) is 46.9. The number of esters is 1. The minimum Gasteiger partial charge on any atom is -0.462 e. The van der Waals surface area contributed by atoms with Crippen LogP contribution in [-0.4, -0.2) is 47.4 Å². The Balaban J connectivity index is 1.81. The zero-order valence-corrected chi connectivity index (χ0v) is 24.0. The fraction of sp³-hybridized carbons (Fsp3) is 0.290. The summed E-state index contributed by atoms with van der Waals surface area (Å²) in [5.74, 6) is -1.15. The number of carbonyl (C=O) groups is 3. The molecule has 4 aromatic rings. The number of pyridine rings is 1. The van der Waals surface area contributed by atoms with Gasteiger partial charge in [-0.15, -0.1) is 11.3 Å². The minimum absolute atomic E-state index is 0.176. The van der Waals surface area contributed by atoms with E-state index in [4.69, 9.17) is 9.72 Å². The standard InChI is InChI=1S/C31H33N3O4S/c1-7-34(8-2)30(36)27-20(6)26(31(37)38-9-3)29(39-27)33-28(35)23-17-25(21-15-14-18(4)19(5)16-21)32-24-13-11-10-12-22(23)24/h10-17H,7-9H2,1-6H3,(H,33,35). The van der Waals surface area contributed by atoms with Crippen molar-refractivity contribution in [2.75, 3.05) is 25.0 Å². The number of rotatable bonds is 8. The number of ether oxygens (including phenoxy) is 1. The first-order valence-corrected chi connectivity index (χ1v) is 13.9. The Morgan fingerprint density at radius 1 is 0.949 bits per heavy atom. The molecule has 0 aliphatic rings. The summed E-state index contributed by atoms with van der Waals surface area (Å²) in [6.45, 7) is 12.6. The molecule has 0 atom stereocenters. The molecule has 2 aromatic heterocycles. The smallest absolute Gasteiger partial charge is 0.341 e. The number of aryl methyl sites for hydroxylation is 2. The normalized spacial score (nSPS) is 10.9. The van der Waals surface area contributed by atoms with Gasteiger partial charge in [0.15, 0.2) is 0 Å². The lowest BCUT2D eigenvalue weighted by Gasteiger charge is -2.18. The molecular formula is C31H33N3O4S. The van der Waals surface area contributed by atoms with Crippen LogP contribution < -0.4 is 5.32 Å². The topological polar surface area (TPSA) is 88.6 Å². The zero-order chi connectivity index (χ0) is 28.3. The molecule has 8 heteroatoms. The quantitative estimate of drug-likeness (QED) is 0.247. The molecule has 0 aliphatic heterocycles. The van der Waals surface area contributed by atoms with Crippen molar-refractivity contribution in [3.05, 3.63) is 81.2 Å². The van der Waals surface area contributed by atoms with Gasteiger partial charge in [0, 0.05) is 24.0 Å². The molecule has 4 rings (SSSR count). The molecule has 0 spiro atoms. The number of thiophene rings is 1. The Labute approximate surface area is 232 Å². The SMILES string of the molecule is CCOC(=O)c1c(NC(=O)c2cc(-c3ccc(C)c(C)c3)nc3ccccc23)sc(C(=O)N(CC)CC)c1C. The average Bonchev–Trinajstić information content (AvgIpc) is 3.25. The zero-order valence-electron chi connectivity index (χ0n) is 23.2. The number of hydrogen-bond acceptors (Lipinski definition) is 6. The number of anilines is 1. The fourth-order valence-electron chi connectivity index (χ4n) is 4.49. The number of fused-ring (bicyclic) bond motifs is 1. The number of nitrogens with one attached hydrogen (secondary N) is 1. The van der Waals surface area contributed by atoms with E-state index in [0.29, 0.717) is 50.7 Å². The largest absolute Gasteiger partial charge is 0.462 e. The van der Waals surface area contributed by atoms with E-state index in [1.165, 1.54) is 5.56 Å². The average molecular weight is 544 g/mol.